The first-order chi connectivity index (χ1) is 13.2. The molecule has 1 atom stereocenters. The molecule has 2 N–H and O–H groups in total. The highest BCUT2D eigenvalue weighted by molar-refractivity contribution is 6.44. The normalized spacial score (nSPS) is 17.4. The average molecular weight is 451 g/mol. The molecule has 28 heavy (non-hydrogen) atoms. The van der Waals surface area contributed by atoms with Gasteiger partial charge in [0, 0.05) is 13.1 Å². The van der Waals surface area contributed by atoms with Gasteiger partial charge in [-0.25, -0.2) is 0 Å². The summed E-state index contributed by atoms with van der Waals surface area (Å²) < 4.78 is 5.15. The molecule has 2 amide bonds. The summed E-state index contributed by atoms with van der Waals surface area (Å²) in [4.78, 5) is 38.3. The minimum absolute atomic E-state index is 0.0911. The topological polar surface area (TPSA) is 87.7 Å². The van der Waals surface area contributed by atoms with Gasteiger partial charge in [0.25, 0.3) is 0 Å². The second-order valence-electron chi connectivity index (χ2n) is 6.85. The van der Waals surface area contributed by atoms with E-state index in [9.17, 15) is 14.4 Å². The summed E-state index contributed by atoms with van der Waals surface area (Å²) in [6.07, 6.45) is -0.126. The van der Waals surface area contributed by atoms with E-state index in [1.54, 1.807) is 4.90 Å². The third kappa shape index (κ3) is 6.51. The first-order valence-electron chi connectivity index (χ1n) is 8.79. The molecule has 1 aromatic carbocycles. The minimum Gasteiger partial charge on any atom is -0.465 e. The summed E-state index contributed by atoms with van der Waals surface area (Å²) in [6, 6.07) is 2.11. The van der Waals surface area contributed by atoms with Gasteiger partial charge >= 0.3 is 5.97 Å². The van der Waals surface area contributed by atoms with Crippen molar-refractivity contribution in [3.8, 4) is 0 Å². The first-order valence-corrected chi connectivity index (χ1v) is 9.92. The van der Waals surface area contributed by atoms with E-state index < -0.39 is 17.9 Å². The van der Waals surface area contributed by atoms with E-state index in [-0.39, 0.29) is 46.5 Å². The number of carbonyl (C=O) groups excluding carboxylic acids is 3. The van der Waals surface area contributed by atoms with Crippen molar-refractivity contribution in [3.63, 3.8) is 0 Å². The van der Waals surface area contributed by atoms with Gasteiger partial charge in [0.1, 0.15) is 6.04 Å². The number of halogens is 3. The average Bonchev–Trinajstić information content (AvgIpc) is 2.61. The van der Waals surface area contributed by atoms with Crippen LogP contribution in [0, 0.1) is 5.92 Å². The van der Waals surface area contributed by atoms with Crippen molar-refractivity contribution >= 4 is 58.3 Å². The molecule has 0 saturated carbocycles. The third-order valence-electron chi connectivity index (χ3n) is 4.01. The van der Waals surface area contributed by atoms with Crippen molar-refractivity contribution in [2.75, 3.05) is 31.6 Å². The predicted molar refractivity (Wildman–Crippen MR) is 109 cm³/mol. The lowest BCUT2D eigenvalue weighted by atomic mass is 10.1. The molecule has 10 heteroatoms. The summed E-state index contributed by atoms with van der Waals surface area (Å²) in [5.74, 6) is -0.987. The van der Waals surface area contributed by atoms with E-state index in [1.165, 1.54) is 12.1 Å². The van der Waals surface area contributed by atoms with Crippen molar-refractivity contribution in [3.05, 3.63) is 27.2 Å². The van der Waals surface area contributed by atoms with Gasteiger partial charge in [-0.05, 0) is 18.1 Å². The lowest BCUT2D eigenvalue weighted by molar-refractivity contribution is -0.149. The maximum Gasteiger partial charge on any atom is 0.307 e. The molecule has 0 bridgehead atoms. The summed E-state index contributed by atoms with van der Waals surface area (Å²) in [5.41, 5.74) is 0.315. The Morgan fingerprint density at radius 1 is 1.25 bits per heavy atom. The van der Waals surface area contributed by atoms with Gasteiger partial charge in [-0.2, -0.15) is 0 Å². The van der Waals surface area contributed by atoms with E-state index in [0.717, 1.165) is 0 Å². The number of nitrogens with zero attached hydrogens (tertiary/aromatic N) is 1. The summed E-state index contributed by atoms with van der Waals surface area (Å²) in [6.45, 7) is 4.85. The number of rotatable bonds is 7. The van der Waals surface area contributed by atoms with Crippen LogP contribution in [-0.4, -0.2) is 55.0 Å². The number of piperazine rings is 1. The fourth-order valence-electron chi connectivity index (χ4n) is 2.64. The lowest BCUT2D eigenvalue weighted by Gasteiger charge is -2.33. The quantitative estimate of drug-likeness (QED) is 0.492. The molecule has 0 radical (unpaired) electrons. The van der Waals surface area contributed by atoms with Gasteiger partial charge < -0.3 is 15.4 Å². The van der Waals surface area contributed by atoms with Crippen LogP contribution in [0.3, 0.4) is 0 Å². The van der Waals surface area contributed by atoms with E-state index in [2.05, 4.69) is 10.6 Å². The molecule has 0 aromatic heterocycles. The molecule has 1 unspecified atom stereocenters. The number of anilines is 1. The molecule has 1 fully saturated rings. The van der Waals surface area contributed by atoms with Crippen LogP contribution in [0.4, 0.5) is 5.69 Å². The van der Waals surface area contributed by atoms with Crippen LogP contribution < -0.4 is 10.6 Å². The first kappa shape index (κ1) is 22.7. The molecular weight excluding hydrogens is 429 g/mol. The molecule has 1 aromatic rings. The van der Waals surface area contributed by atoms with Gasteiger partial charge in [-0.15, -0.1) is 0 Å². The number of hydrogen-bond donors (Lipinski definition) is 2. The van der Waals surface area contributed by atoms with E-state index in [4.69, 9.17) is 39.5 Å². The van der Waals surface area contributed by atoms with Gasteiger partial charge in [-0.3, -0.25) is 19.3 Å². The van der Waals surface area contributed by atoms with Gasteiger partial charge in [0.2, 0.25) is 11.8 Å². The van der Waals surface area contributed by atoms with E-state index >= 15 is 0 Å². The monoisotopic (exact) mass is 449 g/mol. The van der Waals surface area contributed by atoms with Crippen molar-refractivity contribution in [2.24, 2.45) is 5.92 Å². The van der Waals surface area contributed by atoms with Crippen LogP contribution in [0.5, 0.6) is 0 Å². The molecule has 1 heterocycles. The smallest absolute Gasteiger partial charge is 0.307 e. The zero-order chi connectivity index (χ0) is 20.8. The maximum absolute atomic E-state index is 12.4. The van der Waals surface area contributed by atoms with Crippen LogP contribution in [0.15, 0.2) is 12.1 Å². The highest BCUT2D eigenvalue weighted by Crippen LogP contribution is 2.32. The van der Waals surface area contributed by atoms with Crippen molar-refractivity contribution in [2.45, 2.75) is 26.3 Å². The summed E-state index contributed by atoms with van der Waals surface area (Å²) in [5, 5.41) is 6.13. The van der Waals surface area contributed by atoms with Gasteiger partial charge in [0.05, 0.1) is 40.3 Å². The number of nitrogens with one attached hydrogen (secondary N) is 2. The van der Waals surface area contributed by atoms with Crippen LogP contribution in [-0.2, 0) is 19.1 Å². The van der Waals surface area contributed by atoms with Crippen LogP contribution in [0.2, 0.25) is 15.1 Å². The Bertz CT molecular complexity index is 758. The largest absolute Gasteiger partial charge is 0.465 e. The van der Waals surface area contributed by atoms with E-state index in [1.807, 2.05) is 13.8 Å². The Morgan fingerprint density at radius 2 is 1.93 bits per heavy atom. The Balaban J connectivity index is 2.01. The van der Waals surface area contributed by atoms with Crippen molar-refractivity contribution in [1.82, 2.24) is 10.2 Å². The minimum atomic E-state index is -0.775. The van der Waals surface area contributed by atoms with Gasteiger partial charge in [-0.1, -0.05) is 48.7 Å². The highest BCUT2D eigenvalue weighted by Gasteiger charge is 2.33. The molecule has 7 nitrogen and oxygen atoms in total. The van der Waals surface area contributed by atoms with Crippen LogP contribution >= 0.6 is 34.8 Å². The molecule has 0 aliphatic carbocycles. The fourth-order valence-corrected chi connectivity index (χ4v) is 3.24. The Labute approximate surface area is 178 Å². The number of benzene rings is 1. The maximum atomic E-state index is 12.4. The zero-order valence-electron chi connectivity index (χ0n) is 15.6. The SMILES string of the molecule is CC(C)COC(=O)CC1C(=O)NCCN1CC(=O)Nc1cc(Cl)c(Cl)cc1Cl. The second kappa shape index (κ2) is 10.3. The molecule has 1 aliphatic heterocycles. The molecule has 1 saturated heterocycles. The van der Waals surface area contributed by atoms with Crippen LogP contribution in [0.25, 0.3) is 0 Å². The molecule has 1 aliphatic rings. The summed E-state index contributed by atoms with van der Waals surface area (Å²) in [7, 11) is 0. The Morgan fingerprint density at radius 3 is 2.61 bits per heavy atom. The fraction of sp³-hybridized carbons (Fsp3) is 0.500. The number of hydrogen-bond acceptors (Lipinski definition) is 5. The molecule has 154 valence electrons. The molecular formula is C18H22Cl3N3O4. The second-order valence-corrected chi connectivity index (χ2v) is 8.07. The Kier molecular flexibility index (Phi) is 8.37. The number of amides is 2. The van der Waals surface area contributed by atoms with E-state index in [0.29, 0.717) is 18.8 Å². The van der Waals surface area contributed by atoms with Crippen LogP contribution in [0.1, 0.15) is 20.3 Å². The number of carbonyl (C=O) groups is 3. The van der Waals surface area contributed by atoms with Gasteiger partial charge in [0.15, 0.2) is 0 Å². The number of esters is 1. The molecule has 2 rings (SSSR count). The van der Waals surface area contributed by atoms with Crippen molar-refractivity contribution in [1.29, 1.82) is 0 Å². The predicted octanol–water partition coefficient (Wildman–Crippen LogP) is 2.98. The molecule has 0 spiro atoms. The third-order valence-corrected chi connectivity index (χ3v) is 5.04. The zero-order valence-corrected chi connectivity index (χ0v) is 17.8. The lowest BCUT2D eigenvalue weighted by Crippen LogP contribution is -2.57. The standard InChI is InChI=1S/C18H22Cl3N3O4/c1-10(2)9-28-17(26)7-15-18(27)22-3-4-24(15)8-16(25)23-14-6-12(20)11(19)5-13(14)21/h5-6,10,15H,3-4,7-9H2,1-2H3,(H,22,27)(H,23,25). The summed E-state index contributed by atoms with van der Waals surface area (Å²) >= 11 is 17.9. The Hall–Kier alpha value is -1.54. The van der Waals surface area contributed by atoms with Crippen molar-refractivity contribution < 1.29 is 19.1 Å². The number of ether oxygens (including phenoxy) is 1. The highest BCUT2D eigenvalue weighted by atomic mass is 35.5.